The minimum atomic E-state index is -4.45. The van der Waals surface area contributed by atoms with Crippen LogP contribution in [0.1, 0.15) is 27.9 Å². The van der Waals surface area contributed by atoms with Crippen LogP contribution in [-0.2, 0) is 16.6 Å². The third-order valence-electron chi connectivity index (χ3n) is 5.29. The van der Waals surface area contributed by atoms with Crippen LogP contribution in [-0.4, -0.2) is 42.0 Å². The Morgan fingerprint density at radius 1 is 1.13 bits per heavy atom. The monoisotopic (exact) mass is 418 g/mol. The number of anilines is 1. The maximum atomic E-state index is 12.8. The summed E-state index contributed by atoms with van der Waals surface area (Å²) < 4.78 is 38.2. The summed E-state index contributed by atoms with van der Waals surface area (Å²) in [5.41, 5.74) is -0.878. The number of likely N-dealkylation sites (N-methyl/N-ethyl adjacent to an activating group) is 1. The van der Waals surface area contributed by atoms with Gasteiger partial charge in [-0.05, 0) is 54.5 Å². The second kappa shape index (κ2) is 7.95. The molecule has 158 valence electrons. The average molecular weight is 418 g/mol. The van der Waals surface area contributed by atoms with Crippen LogP contribution < -0.4 is 4.90 Å². The molecule has 0 radical (unpaired) electrons. The topological polar surface area (TPSA) is 60.9 Å². The normalized spacial score (nSPS) is 18.9. The Hall–Kier alpha value is -3.13. The van der Waals surface area contributed by atoms with E-state index in [1.54, 1.807) is 31.3 Å². The highest BCUT2D eigenvalue weighted by molar-refractivity contribution is 6.01. The molecule has 5 nitrogen and oxygen atoms in total. The molecule has 3 rings (SSSR count). The zero-order chi connectivity index (χ0) is 22.1. The third-order valence-corrected chi connectivity index (χ3v) is 5.29. The van der Waals surface area contributed by atoms with Gasteiger partial charge in [0, 0.05) is 24.8 Å². The molecule has 0 aliphatic carbocycles. The summed E-state index contributed by atoms with van der Waals surface area (Å²) in [6.07, 6.45) is -3.04. The van der Waals surface area contributed by atoms with Gasteiger partial charge in [0.2, 0.25) is 5.91 Å². The SMILES string of the molecule is C=CC(=O)N(C)c1ccc(C(=O)N2CCC(O)(c3ccc(C(F)(F)F)cc3)C2)cc1. The smallest absolute Gasteiger partial charge is 0.383 e. The molecule has 0 spiro atoms. The molecular weight excluding hydrogens is 397 g/mol. The lowest BCUT2D eigenvalue weighted by molar-refractivity contribution is -0.137. The minimum Gasteiger partial charge on any atom is -0.383 e. The molecule has 1 heterocycles. The summed E-state index contributed by atoms with van der Waals surface area (Å²) in [7, 11) is 1.59. The number of alkyl halides is 3. The van der Waals surface area contributed by atoms with Crippen molar-refractivity contribution in [3.8, 4) is 0 Å². The molecule has 1 atom stereocenters. The number of rotatable bonds is 4. The number of carbonyl (C=O) groups is 2. The number of benzene rings is 2. The standard InChI is InChI=1S/C22H21F3N2O3/c1-3-19(28)26(2)18-10-4-15(5-11-18)20(29)27-13-12-21(30,14-27)16-6-8-17(9-7-16)22(23,24)25/h3-11,30H,1,12-14H2,2H3. The molecule has 1 fully saturated rings. The molecule has 0 saturated carbocycles. The first-order chi connectivity index (χ1) is 14.0. The zero-order valence-corrected chi connectivity index (χ0v) is 16.3. The molecule has 30 heavy (non-hydrogen) atoms. The number of likely N-dealkylation sites (tertiary alicyclic amines) is 1. The van der Waals surface area contributed by atoms with Crippen molar-refractivity contribution in [2.75, 3.05) is 25.0 Å². The van der Waals surface area contributed by atoms with Gasteiger partial charge >= 0.3 is 6.18 Å². The van der Waals surface area contributed by atoms with Gasteiger partial charge in [-0.15, -0.1) is 0 Å². The summed E-state index contributed by atoms with van der Waals surface area (Å²) in [5.74, 6) is -0.586. The number of hydrogen-bond acceptors (Lipinski definition) is 3. The third kappa shape index (κ3) is 4.23. The summed E-state index contributed by atoms with van der Waals surface area (Å²) in [5, 5.41) is 10.9. The largest absolute Gasteiger partial charge is 0.416 e. The predicted molar refractivity (Wildman–Crippen MR) is 106 cm³/mol. The summed E-state index contributed by atoms with van der Waals surface area (Å²) >= 11 is 0. The Labute approximate surface area is 172 Å². The molecule has 1 aliphatic heterocycles. The van der Waals surface area contributed by atoms with Crippen LogP contribution in [0.2, 0.25) is 0 Å². The second-order valence-electron chi connectivity index (χ2n) is 7.23. The Morgan fingerprint density at radius 3 is 2.27 bits per heavy atom. The van der Waals surface area contributed by atoms with Crippen molar-refractivity contribution in [1.82, 2.24) is 4.90 Å². The molecule has 0 bridgehead atoms. The first kappa shape index (κ1) is 21.6. The first-order valence-corrected chi connectivity index (χ1v) is 9.25. The van der Waals surface area contributed by atoms with Crippen molar-refractivity contribution in [3.63, 3.8) is 0 Å². The van der Waals surface area contributed by atoms with E-state index in [0.29, 0.717) is 16.8 Å². The molecule has 2 aromatic rings. The van der Waals surface area contributed by atoms with Crippen LogP contribution in [0.25, 0.3) is 0 Å². The van der Waals surface area contributed by atoms with E-state index < -0.39 is 17.3 Å². The van der Waals surface area contributed by atoms with Crippen molar-refractivity contribution in [2.45, 2.75) is 18.2 Å². The Morgan fingerprint density at radius 2 is 1.73 bits per heavy atom. The molecule has 1 saturated heterocycles. The van der Waals surface area contributed by atoms with Crippen molar-refractivity contribution in [3.05, 3.63) is 77.9 Å². The van der Waals surface area contributed by atoms with E-state index in [1.807, 2.05) is 0 Å². The van der Waals surface area contributed by atoms with Gasteiger partial charge in [0.05, 0.1) is 12.1 Å². The highest BCUT2D eigenvalue weighted by atomic mass is 19.4. The van der Waals surface area contributed by atoms with Gasteiger partial charge in [0.25, 0.3) is 5.91 Å². The first-order valence-electron chi connectivity index (χ1n) is 9.25. The summed E-state index contributed by atoms with van der Waals surface area (Å²) in [6, 6.07) is 10.8. The van der Waals surface area contributed by atoms with Gasteiger partial charge in [-0.3, -0.25) is 9.59 Å². The minimum absolute atomic E-state index is 0.0200. The van der Waals surface area contributed by atoms with Crippen molar-refractivity contribution >= 4 is 17.5 Å². The zero-order valence-electron chi connectivity index (χ0n) is 16.3. The molecule has 2 aromatic carbocycles. The lowest BCUT2D eigenvalue weighted by atomic mass is 9.92. The molecule has 1 unspecified atom stereocenters. The lowest BCUT2D eigenvalue weighted by Crippen LogP contribution is -2.34. The molecular formula is C22H21F3N2O3. The number of nitrogens with zero attached hydrogens (tertiary/aromatic N) is 2. The maximum Gasteiger partial charge on any atom is 0.416 e. The van der Waals surface area contributed by atoms with Gasteiger partial charge in [-0.25, -0.2) is 0 Å². The van der Waals surface area contributed by atoms with Gasteiger partial charge in [0.15, 0.2) is 0 Å². The Bertz CT molecular complexity index is 955. The fraction of sp³-hybridized carbons (Fsp3) is 0.273. The Kier molecular flexibility index (Phi) is 5.72. The van der Waals surface area contributed by atoms with Gasteiger partial charge in [-0.1, -0.05) is 18.7 Å². The summed E-state index contributed by atoms with van der Waals surface area (Å²) in [4.78, 5) is 27.3. The number of carbonyl (C=O) groups excluding carboxylic acids is 2. The number of amides is 2. The van der Waals surface area contributed by atoms with E-state index >= 15 is 0 Å². The predicted octanol–water partition coefficient (Wildman–Crippen LogP) is 3.59. The molecule has 1 N–H and O–H groups in total. The van der Waals surface area contributed by atoms with Crippen molar-refractivity contribution < 1.29 is 27.9 Å². The van der Waals surface area contributed by atoms with Crippen molar-refractivity contribution in [1.29, 1.82) is 0 Å². The van der Waals surface area contributed by atoms with E-state index in [4.69, 9.17) is 0 Å². The molecule has 1 aliphatic rings. The van der Waals surface area contributed by atoms with Gasteiger partial charge < -0.3 is 14.9 Å². The number of β-amino-alcohol motifs (C(OH)–C–C–N with tert-alkyl or cyclic N) is 1. The van der Waals surface area contributed by atoms with Crippen LogP contribution in [0.5, 0.6) is 0 Å². The second-order valence-corrected chi connectivity index (χ2v) is 7.23. The van der Waals surface area contributed by atoms with E-state index in [-0.39, 0.29) is 31.3 Å². The lowest BCUT2D eigenvalue weighted by Gasteiger charge is -2.24. The number of hydrogen-bond donors (Lipinski definition) is 1. The summed E-state index contributed by atoms with van der Waals surface area (Å²) in [6.45, 7) is 3.68. The van der Waals surface area contributed by atoms with Crippen LogP contribution in [0, 0.1) is 0 Å². The molecule has 2 amide bonds. The van der Waals surface area contributed by atoms with Gasteiger partial charge in [-0.2, -0.15) is 13.2 Å². The van der Waals surface area contributed by atoms with E-state index in [1.165, 1.54) is 28.0 Å². The number of halogens is 3. The van der Waals surface area contributed by atoms with Crippen LogP contribution >= 0.6 is 0 Å². The van der Waals surface area contributed by atoms with Crippen LogP contribution in [0.3, 0.4) is 0 Å². The quantitative estimate of drug-likeness (QED) is 0.772. The fourth-order valence-electron chi connectivity index (χ4n) is 3.45. The maximum absolute atomic E-state index is 12.8. The molecule has 0 aromatic heterocycles. The fourth-order valence-corrected chi connectivity index (χ4v) is 3.45. The highest BCUT2D eigenvalue weighted by Gasteiger charge is 2.40. The van der Waals surface area contributed by atoms with Crippen LogP contribution in [0.15, 0.2) is 61.2 Å². The van der Waals surface area contributed by atoms with E-state index in [9.17, 15) is 27.9 Å². The average Bonchev–Trinajstić information content (AvgIpc) is 3.15. The highest BCUT2D eigenvalue weighted by Crippen LogP contribution is 2.35. The van der Waals surface area contributed by atoms with Crippen molar-refractivity contribution in [2.24, 2.45) is 0 Å². The van der Waals surface area contributed by atoms with E-state index in [2.05, 4.69) is 6.58 Å². The Balaban J connectivity index is 1.72. The number of aliphatic hydroxyl groups is 1. The van der Waals surface area contributed by atoms with Crippen LogP contribution in [0.4, 0.5) is 18.9 Å². The molecule has 8 heteroatoms. The van der Waals surface area contributed by atoms with E-state index in [0.717, 1.165) is 12.1 Å². The van der Waals surface area contributed by atoms with Gasteiger partial charge in [0.1, 0.15) is 5.60 Å².